The molecule has 216 valence electrons. The molecular weight excluding hydrogens is 508 g/mol. The highest BCUT2D eigenvalue weighted by molar-refractivity contribution is 5.97. The van der Waals surface area contributed by atoms with Gasteiger partial charge in [0, 0.05) is 58.5 Å². The normalized spacial score (nSPS) is 21.2. The molecule has 0 N–H and O–H groups in total. The van der Waals surface area contributed by atoms with E-state index in [0.29, 0.717) is 24.4 Å². The summed E-state index contributed by atoms with van der Waals surface area (Å²) in [7, 11) is 0. The summed E-state index contributed by atoms with van der Waals surface area (Å²) in [5.41, 5.74) is 3.16. The lowest BCUT2D eigenvalue weighted by atomic mass is 9.99. The zero-order valence-electron chi connectivity index (χ0n) is 23.8. The Kier molecular flexibility index (Phi) is 9.67. The van der Waals surface area contributed by atoms with Gasteiger partial charge in [-0.25, -0.2) is 0 Å². The fourth-order valence-electron chi connectivity index (χ4n) is 5.99. The van der Waals surface area contributed by atoms with Crippen LogP contribution in [0.2, 0.25) is 0 Å². The molecule has 0 saturated carbocycles. The minimum Gasteiger partial charge on any atom is -0.490 e. The molecule has 40 heavy (non-hydrogen) atoms. The standard InChI is InChI=1S/C31H42N4O5/c1-3-38-17-16-33-14-11-27(12-15-33)40-28-8-9-29-30(18-28)39-23(2)19-35(31(29)36)22-26(32-37)21-34-13-10-24-6-4-5-7-25(24)20-34/h4-9,18,23,26-27H,3,10-17,19-22H2,1-2H3. The van der Waals surface area contributed by atoms with Crippen LogP contribution in [0.25, 0.3) is 0 Å². The van der Waals surface area contributed by atoms with Crippen LogP contribution in [0.15, 0.2) is 47.6 Å². The van der Waals surface area contributed by atoms with Gasteiger partial charge in [-0.3, -0.25) is 9.69 Å². The average Bonchev–Trinajstić information content (AvgIpc) is 3.08. The van der Waals surface area contributed by atoms with E-state index in [2.05, 4.69) is 39.2 Å². The van der Waals surface area contributed by atoms with Crippen molar-refractivity contribution < 1.29 is 19.0 Å². The molecule has 2 aromatic carbocycles. The van der Waals surface area contributed by atoms with E-state index < -0.39 is 6.04 Å². The summed E-state index contributed by atoms with van der Waals surface area (Å²) in [5.74, 6) is 1.12. The van der Waals surface area contributed by atoms with Crippen LogP contribution in [0.5, 0.6) is 11.5 Å². The third kappa shape index (κ3) is 7.19. The number of piperidine rings is 1. The maximum absolute atomic E-state index is 13.6. The Balaban J connectivity index is 1.18. The van der Waals surface area contributed by atoms with Crippen molar-refractivity contribution in [3.8, 4) is 11.5 Å². The first-order valence-electron chi connectivity index (χ1n) is 14.7. The molecule has 2 atom stereocenters. The van der Waals surface area contributed by atoms with E-state index in [-0.39, 0.29) is 24.7 Å². The van der Waals surface area contributed by atoms with Gasteiger partial charge in [-0.2, -0.15) is 4.91 Å². The number of nitroso groups, excluding NO2 is 1. The first-order chi connectivity index (χ1) is 19.5. The maximum atomic E-state index is 13.6. The Morgan fingerprint density at radius 1 is 1.05 bits per heavy atom. The molecule has 2 aromatic rings. The molecule has 1 fully saturated rings. The van der Waals surface area contributed by atoms with Crippen LogP contribution in [0, 0.1) is 4.91 Å². The van der Waals surface area contributed by atoms with Crippen molar-refractivity contribution in [3.05, 3.63) is 64.1 Å². The van der Waals surface area contributed by atoms with Crippen LogP contribution >= 0.6 is 0 Å². The number of ether oxygens (including phenoxy) is 3. The van der Waals surface area contributed by atoms with Gasteiger partial charge in [-0.1, -0.05) is 29.4 Å². The zero-order valence-corrected chi connectivity index (χ0v) is 23.8. The van der Waals surface area contributed by atoms with Gasteiger partial charge in [-0.05, 0) is 56.4 Å². The third-order valence-electron chi connectivity index (χ3n) is 8.13. The monoisotopic (exact) mass is 550 g/mol. The number of carbonyl (C=O) groups excluding carboxylic acids is 1. The Morgan fingerprint density at radius 3 is 2.62 bits per heavy atom. The molecular formula is C31H42N4O5. The van der Waals surface area contributed by atoms with E-state index in [1.807, 2.05) is 26.0 Å². The third-order valence-corrected chi connectivity index (χ3v) is 8.13. The minimum atomic E-state index is -0.509. The topological polar surface area (TPSA) is 83.9 Å². The molecule has 9 heteroatoms. The largest absolute Gasteiger partial charge is 0.490 e. The summed E-state index contributed by atoms with van der Waals surface area (Å²) < 4.78 is 18.0. The molecule has 0 spiro atoms. The lowest BCUT2D eigenvalue weighted by molar-refractivity contribution is 0.0688. The summed E-state index contributed by atoms with van der Waals surface area (Å²) in [4.78, 5) is 31.8. The van der Waals surface area contributed by atoms with Gasteiger partial charge in [-0.15, -0.1) is 0 Å². The number of fused-ring (bicyclic) bond motifs is 2. The van der Waals surface area contributed by atoms with E-state index in [1.165, 1.54) is 11.1 Å². The number of amides is 1. The van der Waals surface area contributed by atoms with Crippen LogP contribution in [-0.2, 0) is 17.7 Å². The number of rotatable bonds is 11. The Labute approximate surface area is 237 Å². The second-order valence-corrected chi connectivity index (χ2v) is 11.2. The molecule has 3 heterocycles. The summed E-state index contributed by atoms with van der Waals surface area (Å²) >= 11 is 0. The van der Waals surface area contributed by atoms with Crippen molar-refractivity contribution in [1.82, 2.24) is 14.7 Å². The fraction of sp³-hybridized carbons (Fsp3) is 0.581. The highest BCUT2D eigenvalue weighted by Crippen LogP contribution is 2.31. The maximum Gasteiger partial charge on any atom is 0.257 e. The van der Waals surface area contributed by atoms with Gasteiger partial charge in [0.25, 0.3) is 5.91 Å². The molecule has 5 rings (SSSR count). The van der Waals surface area contributed by atoms with Crippen molar-refractivity contribution >= 4 is 5.91 Å². The first-order valence-corrected chi connectivity index (χ1v) is 14.7. The Morgan fingerprint density at radius 2 is 1.85 bits per heavy atom. The predicted molar refractivity (Wildman–Crippen MR) is 154 cm³/mol. The van der Waals surface area contributed by atoms with Gasteiger partial charge in [0.2, 0.25) is 0 Å². The first kappa shape index (κ1) is 28.5. The van der Waals surface area contributed by atoms with E-state index in [4.69, 9.17) is 14.2 Å². The van der Waals surface area contributed by atoms with E-state index >= 15 is 0 Å². The minimum absolute atomic E-state index is 0.133. The number of hydrogen-bond donors (Lipinski definition) is 0. The van der Waals surface area contributed by atoms with Gasteiger partial charge in [0.15, 0.2) is 0 Å². The highest BCUT2D eigenvalue weighted by Gasteiger charge is 2.31. The molecule has 0 radical (unpaired) electrons. The summed E-state index contributed by atoms with van der Waals surface area (Å²) in [5, 5.41) is 3.43. The van der Waals surface area contributed by atoms with Gasteiger partial charge < -0.3 is 24.0 Å². The highest BCUT2D eigenvalue weighted by atomic mass is 16.5. The van der Waals surface area contributed by atoms with Gasteiger partial charge in [0.1, 0.15) is 29.7 Å². The number of carbonyl (C=O) groups is 1. The molecule has 2 unspecified atom stereocenters. The second-order valence-electron chi connectivity index (χ2n) is 11.2. The van der Waals surface area contributed by atoms with Crippen LogP contribution in [0.1, 0.15) is 48.2 Å². The van der Waals surface area contributed by atoms with E-state index in [1.54, 1.807) is 11.0 Å². The Bertz CT molecular complexity index is 1150. The molecule has 0 aromatic heterocycles. The zero-order chi connectivity index (χ0) is 27.9. The SMILES string of the molecule is CCOCCN1CCC(Oc2ccc3c(c2)OC(C)CN(CC(CN2CCc4ccccc4C2)N=O)C3=O)CC1. The quantitative estimate of drug-likeness (QED) is 0.309. The summed E-state index contributed by atoms with van der Waals surface area (Å²) in [6.45, 7) is 11.3. The van der Waals surface area contributed by atoms with Crippen LogP contribution in [-0.4, -0.2) is 97.9 Å². The number of hydrogen-bond acceptors (Lipinski definition) is 8. The van der Waals surface area contributed by atoms with Crippen LogP contribution < -0.4 is 9.47 Å². The van der Waals surface area contributed by atoms with Crippen molar-refractivity contribution in [3.63, 3.8) is 0 Å². The number of nitrogens with zero attached hydrogens (tertiary/aromatic N) is 4. The van der Waals surface area contributed by atoms with Gasteiger partial charge >= 0.3 is 0 Å². The van der Waals surface area contributed by atoms with Crippen molar-refractivity contribution in [1.29, 1.82) is 0 Å². The van der Waals surface area contributed by atoms with Crippen LogP contribution in [0.3, 0.4) is 0 Å². The molecule has 1 amide bonds. The fourth-order valence-corrected chi connectivity index (χ4v) is 5.99. The predicted octanol–water partition coefficient (Wildman–Crippen LogP) is 3.98. The molecule has 3 aliphatic heterocycles. The summed E-state index contributed by atoms with van der Waals surface area (Å²) in [6.07, 6.45) is 2.78. The molecule has 3 aliphatic rings. The smallest absolute Gasteiger partial charge is 0.257 e. The van der Waals surface area contributed by atoms with E-state index in [9.17, 15) is 9.70 Å². The summed E-state index contributed by atoms with van der Waals surface area (Å²) in [6, 6.07) is 13.4. The van der Waals surface area contributed by atoms with E-state index in [0.717, 1.165) is 70.9 Å². The second kappa shape index (κ2) is 13.6. The van der Waals surface area contributed by atoms with Crippen molar-refractivity contribution in [2.24, 2.45) is 5.18 Å². The molecule has 9 nitrogen and oxygen atoms in total. The number of likely N-dealkylation sites (tertiary alicyclic amines) is 1. The average molecular weight is 551 g/mol. The van der Waals surface area contributed by atoms with Crippen molar-refractivity contribution in [2.75, 3.05) is 59.0 Å². The number of benzene rings is 2. The van der Waals surface area contributed by atoms with Gasteiger partial charge in [0.05, 0.1) is 18.7 Å². The molecule has 0 aliphatic carbocycles. The lowest BCUT2D eigenvalue weighted by Crippen LogP contribution is -2.44. The van der Waals surface area contributed by atoms with Crippen molar-refractivity contribution in [2.45, 2.75) is 57.9 Å². The molecule has 1 saturated heterocycles. The Hall–Kier alpha value is -3.01. The lowest BCUT2D eigenvalue weighted by Gasteiger charge is -2.32. The van der Waals surface area contributed by atoms with Crippen LogP contribution in [0.4, 0.5) is 0 Å². The molecule has 0 bridgehead atoms.